The molecule has 68 heavy (non-hydrogen) atoms. The number of anilines is 6. The Kier molecular flexibility index (Phi) is 8.96. The molecule has 12 aromatic rings. The summed E-state index contributed by atoms with van der Waals surface area (Å²) in [7, 11) is 0. The molecule has 0 amide bonds. The van der Waals surface area contributed by atoms with Crippen molar-refractivity contribution in [1.29, 1.82) is 0 Å². The van der Waals surface area contributed by atoms with Crippen molar-refractivity contribution in [3.05, 3.63) is 192 Å². The lowest BCUT2D eigenvalue weighted by Crippen LogP contribution is -2.24. The van der Waals surface area contributed by atoms with E-state index in [1.54, 1.807) is 0 Å². The van der Waals surface area contributed by atoms with E-state index in [1.807, 2.05) is 0 Å². The maximum absolute atomic E-state index is 6.91. The lowest BCUT2D eigenvalue weighted by atomic mass is 9.70. The third-order valence-electron chi connectivity index (χ3n) is 15.3. The van der Waals surface area contributed by atoms with E-state index in [0.29, 0.717) is 0 Å². The van der Waals surface area contributed by atoms with Gasteiger partial charge in [-0.15, -0.1) is 0 Å². The molecule has 0 radical (unpaired) electrons. The number of benzene rings is 10. The molecule has 1 aliphatic carbocycles. The molecule has 332 valence electrons. The first-order valence-corrected chi connectivity index (χ1v) is 24.4. The van der Waals surface area contributed by atoms with Crippen LogP contribution in [0.2, 0.25) is 0 Å². The topological polar surface area (TPSA) is 32.8 Å². The fraction of sp³-hybridized carbons (Fsp3) is 0.188. The van der Waals surface area contributed by atoms with Crippen LogP contribution in [0, 0.1) is 6.92 Å². The fourth-order valence-corrected chi connectivity index (χ4v) is 12.0. The molecule has 13 rings (SSSR count). The van der Waals surface area contributed by atoms with Gasteiger partial charge in [0.15, 0.2) is 11.2 Å². The van der Waals surface area contributed by atoms with Crippen molar-refractivity contribution in [1.82, 2.24) is 0 Å². The minimum atomic E-state index is -0.0628. The summed E-state index contributed by atoms with van der Waals surface area (Å²) in [4.78, 5) is 5.06. The normalized spacial score (nSPS) is 13.8. The lowest BCUT2D eigenvalue weighted by Gasteiger charge is -2.37. The summed E-state index contributed by atoms with van der Waals surface area (Å²) in [6.07, 6.45) is 2.03. The van der Waals surface area contributed by atoms with Crippen molar-refractivity contribution >= 4 is 110 Å². The number of fused-ring (bicyclic) bond motifs is 6. The highest BCUT2D eigenvalue weighted by molar-refractivity contribution is 6.31. The molecule has 0 saturated heterocycles. The van der Waals surface area contributed by atoms with Gasteiger partial charge >= 0.3 is 0 Å². The fourth-order valence-electron chi connectivity index (χ4n) is 12.0. The van der Waals surface area contributed by atoms with E-state index < -0.39 is 0 Å². The van der Waals surface area contributed by atoms with Gasteiger partial charge in [0.2, 0.25) is 0 Å². The van der Waals surface area contributed by atoms with E-state index >= 15 is 0 Å². The van der Waals surface area contributed by atoms with Crippen LogP contribution in [0.4, 0.5) is 34.1 Å². The van der Waals surface area contributed by atoms with Crippen molar-refractivity contribution < 1.29 is 8.83 Å². The summed E-state index contributed by atoms with van der Waals surface area (Å²) in [5.74, 6) is 0.570. The second-order valence-corrected chi connectivity index (χ2v) is 20.5. The van der Waals surface area contributed by atoms with E-state index in [9.17, 15) is 0 Å². The quantitative estimate of drug-likeness (QED) is 0.142. The molecule has 2 aromatic heterocycles. The summed E-state index contributed by atoms with van der Waals surface area (Å²) in [6.45, 7) is 16.4. The molecule has 0 saturated carbocycles. The third kappa shape index (κ3) is 5.86. The number of hydrogen-bond acceptors (Lipinski definition) is 4. The molecule has 0 N–H and O–H groups in total. The molecule has 2 heterocycles. The van der Waals surface area contributed by atoms with Crippen LogP contribution >= 0.6 is 0 Å². The van der Waals surface area contributed by atoms with Crippen molar-refractivity contribution in [2.75, 3.05) is 9.80 Å². The molecular weight excluding hydrogens is 829 g/mol. The number of nitrogens with zero attached hydrogens (tertiary/aromatic N) is 2. The summed E-state index contributed by atoms with van der Waals surface area (Å²) >= 11 is 0. The standard InChI is InChI=1S/C64H54N2O2/c1-37(2)41-18-8-12-24-51(41)65(53-26-16-22-46-44-20-10-14-28-57(44)67-62(46)53)55-34-39(5)43-30-31-48-56(35-40-32-33-64(6,7)50-36-49(55)60(43)61(48)59(40)50)66(52-25-13-9-19-42(52)38(3)4)54-27-17-23-47-45-21-11-15-29-58(45)68-63(47)54/h8-31,34-38H,32-33H2,1-7H3. The SMILES string of the molecule is Cc1cc(N(c2ccccc2C(C)C)c2cccc3c2oc2ccccc23)c2cc3c4c(cc(N(c5ccccc5C(C)C)c5cccc6c5oc5ccccc56)c5ccc1c2c54)CCC3(C)C. The Bertz CT molecular complexity index is 3990. The van der Waals surface area contributed by atoms with Gasteiger partial charge in [-0.3, -0.25) is 0 Å². The molecule has 0 unspecified atom stereocenters. The largest absolute Gasteiger partial charge is 0.454 e. The van der Waals surface area contributed by atoms with Crippen LogP contribution in [-0.2, 0) is 11.8 Å². The van der Waals surface area contributed by atoms with Gasteiger partial charge in [-0.2, -0.15) is 0 Å². The summed E-state index contributed by atoms with van der Waals surface area (Å²) in [6, 6.07) is 60.5. The van der Waals surface area contributed by atoms with Crippen LogP contribution < -0.4 is 9.80 Å². The van der Waals surface area contributed by atoms with Crippen molar-refractivity contribution in [3.63, 3.8) is 0 Å². The van der Waals surface area contributed by atoms with Gasteiger partial charge < -0.3 is 18.6 Å². The Morgan fingerprint density at radius 2 is 0.912 bits per heavy atom. The first-order valence-electron chi connectivity index (χ1n) is 24.4. The molecule has 0 atom stereocenters. The van der Waals surface area contributed by atoms with E-state index in [0.717, 1.165) is 79.5 Å². The van der Waals surface area contributed by atoms with Crippen LogP contribution in [0.3, 0.4) is 0 Å². The van der Waals surface area contributed by atoms with Crippen LogP contribution in [0.5, 0.6) is 0 Å². The van der Waals surface area contributed by atoms with Crippen LogP contribution in [0.1, 0.15) is 87.6 Å². The molecule has 0 aliphatic heterocycles. The Morgan fingerprint density at radius 1 is 0.426 bits per heavy atom. The second kappa shape index (κ2) is 15.0. The summed E-state index contributed by atoms with van der Waals surface area (Å²) < 4.78 is 13.8. The van der Waals surface area contributed by atoms with E-state index in [2.05, 4.69) is 222 Å². The third-order valence-corrected chi connectivity index (χ3v) is 15.3. The average Bonchev–Trinajstić information content (AvgIpc) is 3.93. The zero-order valence-electron chi connectivity index (χ0n) is 39.9. The molecule has 4 heteroatoms. The highest BCUT2D eigenvalue weighted by Gasteiger charge is 2.35. The van der Waals surface area contributed by atoms with E-state index in [-0.39, 0.29) is 17.3 Å². The predicted octanol–water partition coefficient (Wildman–Crippen LogP) is 19.1. The lowest BCUT2D eigenvalue weighted by molar-refractivity contribution is 0.475. The highest BCUT2D eigenvalue weighted by atomic mass is 16.3. The maximum Gasteiger partial charge on any atom is 0.159 e. The van der Waals surface area contributed by atoms with Gasteiger partial charge in [0.05, 0.1) is 22.7 Å². The molecular formula is C64H54N2O2. The smallest absolute Gasteiger partial charge is 0.159 e. The predicted molar refractivity (Wildman–Crippen MR) is 288 cm³/mol. The molecule has 1 aliphatic rings. The Balaban J connectivity index is 1.18. The Morgan fingerprint density at radius 3 is 1.49 bits per heavy atom. The van der Waals surface area contributed by atoms with Gasteiger partial charge in [-0.05, 0) is 136 Å². The van der Waals surface area contributed by atoms with Gasteiger partial charge in [0, 0.05) is 49.1 Å². The zero-order valence-corrected chi connectivity index (χ0v) is 39.9. The monoisotopic (exact) mass is 882 g/mol. The molecule has 10 aromatic carbocycles. The number of furan rings is 2. The minimum absolute atomic E-state index is 0.0628. The van der Waals surface area contributed by atoms with E-state index in [4.69, 9.17) is 8.83 Å². The van der Waals surface area contributed by atoms with Crippen molar-refractivity contribution in [2.45, 2.75) is 78.6 Å². The van der Waals surface area contributed by atoms with Crippen LogP contribution in [0.15, 0.2) is 173 Å². The Hall–Kier alpha value is -7.56. The van der Waals surface area contributed by atoms with Crippen LogP contribution in [0.25, 0.3) is 76.2 Å². The molecule has 4 nitrogen and oxygen atoms in total. The number of para-hydroxylation sites is 6. The Labute approximate surface area is 397 Å². The maximum atomic E-state index is 6.91. The van der Waals surface area contributed by atoms with Crippen molar-refractivity contribution in [3.8, 4) is 0 Å². The first kappa shape index (κ1) is 40.7. The number of rotatable bonds is 8. The van der Waals surface area contributed by atoms with Crippen LogP contribution in [-0.4, -0.2) is 0 Å². The summed E-state index contributed by atoms with van der Waals surface area (Å²) in [5.41, 5.74) is 16.9. The van der Waals surface area contributed by atoms with Gasteiger partial charge in [0.25, 0.3) is 0 Å². The van der Waals surface area contributed by atoms with E-state index in [1.165, 1.54) is 71.5 Å². The first-order chi connectivity index (χ1) is 33.1. The number of aryl methyl sites for hydroxylation is 2. The summed E-state index contributed by atoms with van der Waals surface area (Å²) in [5, 5.41) is 12.3. The van der Waals surface area contributed by atoms with Crippen molar-refractivity contribution in [2.24, 2.45) is 0 Å². The molecule has 0 fully saturated rings. The second-order valence-electron chi connectivity index (χ2n) is 20.5. The van der Waals surface area contributed by atoms with Gasteiger partial charge in [0.1, 0.15) is 11.2 Å². The van der Waals surface area contributed by atoms with Gasteiger partial charge in [-0.25, -0.2) is 0 Å². The zero-order chi connectivity index (χ0) is 46.2. The highest BCUT2D eigenvalue weighted by Crippen LogP contribution is 2.56. The molecule has 0 spiro atoms. The molecule has 0 bridgehead atoms. The number of hydrogen-bond donors (Lipinski definition) is 0. The van der Waals surface area contributed by atoms with Gasteiger partial charge in [-0.1, -0.05) is 151 Å². The minimum Gasteiger partial charge on any atom is -0.454 e. The average molecular weight is 883 g/mol.